The van der Waals surface area contributed by atoms with Gasteiger partial charge in [-0.15, -0.1) is 12.4 Å². The van der Waals surface area contributed by atoms with Crippen LogP contribution in [0.5, 0.6) is 0 Å². The molecule has 1 heterocycles. The molecular weight excluding hydrogens is 348 g/mol. The molecule has 6 nitrogen and oxygen atoms in total. The Kier molecular flexibility index (Phi) is 6.40. The van der Waals surface area contributed by atoms with Crippen LogP contribution in [0.3, 0.4) is 0 Å². The van der Waals surface area contributed by atoms with Crippen LogP contribution in [-0.2, 0) is 25.6 Å². The second-order valence-electron chi connectivity index (χ2n) is 5.43. The van der Waals surface area contributed by atoms with Crippen LogP contribution < -0.4 is 5.32 Å². The van der Waals surface area contributed by atoms with E-state index in [-0.39, 0.29) is 29.1 Å². The Morgan fingerprint density at radius 2 is 1.77 bits per heavy atom. The summed E-state index contributed by atoms with van der Waals surface area (Å²) in [5.74, 6) is -0.0853. The van der Waals surface area contributed by atoms with Crippen molar-refractivity contribution in [1.82, 2.24) is 9.62 Å². The molecular formula is C13H21ClN2O4S2. The number of rotatable bonds is 4. The quantitative estimate of drug-likeness (QED) is 0.843. The van der Waals surface area contributed by atoms with Crippen LogP contribution in [0.1, 0.15) is 12.5 Å². The number of nitrogens with one attached hydrogen (secondary N) is 1. The lowest BCUT2D eigenvalue weighted by Crippen LogP contribution is -2.51. The van der Waals surface area contributed by atoms with Crippen LogP contribution in [0.15, 0.2) is 29.2 Å². The third-order valence-corrected chi connectivity index (χ3v) is 6.06. The van der Waals surface area contributed by atoms with Gasteiger partial charge in [0.2, 0.25) is 10.0 Å². The zero-order valence-corrected chi connectivity index (χ0v) is 15.0. The summed E-state index contributed by atoms with van der Waals surface area (Å²) in [6.07, 6.45) is 1.15. The lowest BCUT2D eigenvalue weighted by Gasteiger charge is -2.31. The first kappa shape index (κ1) is 19.4. The smallest absolute Gasteiger partial charge is 0.243 e. The third-order valence-electron chi connectivity index (χ3n) is 3.32. The SMILES string of the molecule is C[C@H]1CN(S(=O)(=O)c2ccc(CS(C)(=O)=O)cc2)CCN1.Cl. The highest BCUT2D eigenvalue weighted by atomic mass is 35.5. The molecule has 126 valence electrons. The van der Waals surface area contributed by atoms with Gasteiger partial charge in [-0.3, -0.25) is 0 Å². The fourth-order valence-corrected chi connectivity index (χ4v) is 4.65. The normalized spacial score (nSPS) is 20.4. The summed E-state index contributed by atoms with van der Waals surface area (Å²) in [4.78, 5) is 0.203. The molecule has 9 heteroatoms. The number of sulfonamides is 1. The molecule has 0 saturated carbocycles. The van der Waals surface area contributed by atoms with Crippen molar-refractivity contribution in [2.24, 2.45) is 0 Å². The minimum absolute atomic E-state index is 0. The van der Waals surface area contributed by atoms with Crippen LogP contribution in [0, 0.1) is 0 Å². The van der Waals surface area contributed by atoms with Gasteiger partial charge in [0.1, 0.15) is 0 Å². The minimum Gasteiger partial charge on any atom is -0.312 e. The highest BCUT2D eigenvalue weighted by molar-refractivity contribution is 7.90. The molecule has 0 radical (unpaired) electrons. The molecule has 22 heavy (non-hydrogen) atoms. The number of hydrogen-bond acceptors (Lipinski definition) is 5. The van der Waals surface area contributed by atoms with E-state index in [1.807, 2.05) is 6.92 Å². The van der Waals surface area contributed by atoms with Crippen LogP contribution in [-0.4, -0.2) is 53.1 Å². The molecule has 1 aliphatic heterocycles. The van der Waals surface area contributed by atoms with E-state index in [1.165, 1.54) is 16.4 Å². The molecule has 0 aliphatic carbocycles. The second kappa shape index (κ2) is 7.27. The average Bonchev–Trinajstić information content (AvgIpc) is 2.37. The monoisotopic (exact) mass is 368 g/mol. The molecule has 1 N–H and O–H groups in total. The van der Waals surface area contributed by atoms with Crippen molar-refractivity contribution in [3.63, 3.8) is 0 Å². The molecule has 1 fully saturated rings. The summed E-state index contributed by atoms with van der Waals surface area (Å²) in [6, 6.07) is 6.18. The van der Waals surface area contributed by atoms with Gasteiger partial charge in [0.05, 0.1) is 10.6 Å². The molecule has 0 aromatic heterocycles. The summed E-state index contributed by atoms with van der Waals surface area (Å²) in [7, 11) is -6.63. The molecule has 0 amide bonds. The average molecular weight is 369 g/mol. The second-order valence-corrected chi connectivity index (χ2v) is 9.51. The molecule has 1 aliphatic rings. The lowest BCUT2D eigenvalue weighted by molar-refractivity contribution is 0.310. The number of nitrogens with zero attached hydrogens (tertiary/aromatic N) is 1. The van der Waals surface area contributed by atoms with Gasteiger partial charge in [-0.1, -0.05) is 12.1 Å². The van der Waals surface area contributed by atoms with Gasteiger partial charge in [0.15, 0.2) is 9.84 Å². The van der Waals surface area contributed by atoms with Gasteiger partial charge < -0.3 is 5.32 Å². The summed E-state index contributed by atoms with van der Waals surface area (Å²) < 4.78 is 48.9. The number of sulfone groups is 1. The molecule has 1 aromatic rings. The number of piperazine rings is 1. The maximum absolute atomic E-state index is 12.5. The Labute approximate surface area is 138 Å². The Hall–Kier alpha value is -0.670. The van der Waals surface area contributed by atoms with Crippen molar-refractivity contribution >= 4 is 32.3 Å². The highest BCUT2D eigenvalue weighted by Crippen LogP contribution is 2.18. The van der Waals surface area contributed by atoms with Crippen molar-refractivity contribution in [2.75, 3.05) is 25.9 Å². The summed E-state index contributed by atoms with van der Waals surface area (Å²) in [6.45, 7) is 3.45. The Morgan fingerprint density at radius 3 is 2.27 bits per heavy atom. The van der Waals surface area contributed by atoms with E-state index < -0.39 is 19.9 Å². The van der Waals surface area contributed by atoms with Crippen LogP contribution in [0.25, 0.3) is 0 Å². The highest BCUT2D eigenvalue weighted by Gasteiger charge is 2.28. The lowest BCUT2D eigenvalue weighted by atomic mass is 10.2. The summed E-state index contributed by atoms with van der Waals surface area (Å²) in [5.41, 5.74) is 0.588. The molecule has 1 aromatic carbocycles. The van der Waals surface area contributed by atoms with E-state index in [9.17, 15) is 16.8 Å². The topological polar surface area (TPSA) is 83.6 Å². The van der Waals surface area contributed by atoms with Crippen molar-refractivity contribution in [3.05, 3.63) is 29.8 Å². The molecule has 1 atom stereocenters. The van der Waals surface area contributed by atoms with E-state index in [0.717, 1.165) is 6.26 Å². The molecule has 2 rings (SSSR count). The van der Waals surface area contributed by atoms with Crippen molar-refractivity contribution in [2.45, 2.75) is 23.6 Å². The van der Waals surface area contributed by atoms with Crippen LogP contribution in [0.4, 0.5) is 0 Å². The number of halogens is 1. The van der Waals surface area contributed by atoms with Gasteiger partial charge in [-0.05, 0) is 24.6 Å². The van der Waals surface area contributed by atoms with E-state index in [4.69, 9.17) is 0 Å². The molecule has 0 unspecified atom stereocenters. The number of hydrogen-bond donors (Lipinski definition) is 1. The van der Waals surface area contributed by atoms with E-state index >= 15 is 0 Å². The van der Waals surface area contributed by atoms with Crippen molar-refractivity contribution < 1.29 is 16.8 Å². The predicted molar refractivity (Wildman–Crippen MR) is 88.5 cm³/mol. The van der Waals surface area contributed by atoms with Gasteiger partial charge >= 0.3 is 0 Å². The maximum atomic E-state index is 12.5. The third kappa shape index (κ3) is 4.92. The number of benzene rings is 1. The zero-order valence-electron chi connectivity index (χ0n) is 12.5. The van der Waals surface area contributed by atoms with E-state index in [0.29, 0.717) is 25.2 Å². The first-order valence-electron chi connectivity index (χ1n) is 6.69. The summed E-state index contributed by atoms with van der Waals surface area (Å²) in [5, 5.41) is 3.20. The largest absolute Gasteiger partial charge is 0.312 e. The molecule has 1 saturated heterocycles. The Balaban J connectivity index is 0.00000242. The Morgan fingerprint density at radius 1 is 1.18 bits per heavy atom. The van der Waals surface area contributed by atoms with Crippen molar-refractivity contribution in [1.29, 1.82) is 0 Å². The van der Waals surface area contributed by atoms with Gasteiger partial charge in [0.25, 0.3) is 0 Å². The fraction of sp³-hybridized carbons (Fsp3) is 0.538. The zero-order chi connectivity index (χ0) is 15.7. The maximum Gasteiger partial charge on any atom is 0.243 e. The minimum atomic E-state index is -3.51. The standard InChI is InChI=1S/C13H20N2O4S2.ClH/c1-11-9-15(8-7-14-11)21(18,19)13-5-3-12(4-6-13)10-20(2,16)17;/h3-6,11,14H,7-10H2,1-2H3;1H/t11-;/m0./s1. The van der Waals surface area contributed by atoms with E-state index in [2.05, 4.69) is 5.32 Å². The summed E-state index contributed by atoms with van der Waals surface area (Å²) >= 11 is 0. The Bertz CT molecular complexity index is 702. The van der Waals surface area contributed by atoms with Crippen LogP contribution in [0.2, 0.25) is 0 Å². The first-order chi connectivity index (χ1) is 9.68. The van der Waals surface area contributed by atoms with Gasteiger partial charge in [0, 0.05) is 31.9 Å². The van der Waals surface area contributed by atoms with Crippen LogP contribution >= 0.6 is 12.4 Å². The molecule has 0 bridgehead atoms. The molecule has 0 spiro atoms. The first-order valence-corrected chi connectivity index (χ1v) is 10.2. The fourth-order valence-electron chi connectivity index (χ4n) is 2.32. The van der Waals surface area contributed by atoms with Gasteiger partial charge in [-0.2, -0.15) is 4.31 Å². The van der Waals surface area contributed by atoms with Crippen molar-refractivity contribution in [3.8, 4) is 0 Å². The van der Waals surface area contributed by atoms with Gasteiger partial charge in [-0.25, -0.2) is 16.8 Å². The van der Waals surface area contributed by atoms with E-state index in [1.54, 1.807) is 12.1 Å². The predicted octanol–water partition coefficient (Wildman–Crippen LogP) is 0.635.